The summed E-state index contributed by atoms with van der Waals surface area (Å²) in [5.74, 6) is 2.92. The zero-order chi connectivity index (χ0) is 22.5. The maximum Gasteiger partial charge on any atom is 0.250 e. The van der Waals surface area contributed by atoms with Gasteiger partial charge in [-0.05, 0) is 36.4 Å². The maximum atomic E-state index is 5.96. The minimum absolute atomic E-state index is 0.369. The summed E-state index contributed by atoms with van der Waals surface area (Å²) in [5.41, 5.74) is 3.86. The average molecular weight is 470 g/mol. The van der Waals surface area contributed by atoms with Crippen LogP contribution >= 0.6 is 11.6 Å². The van der Waals surface area contributed by atoms with Crippen LogP contribution in [0.4, 0.5) is 17.8 Å². The molecular formula is C22H24ClN7O3. The van der Waals surface area contributed by atoms with Crippen molar-refractivity contribution in [3.8, 4) is 11.3 Å². The lowest BCUT2D eigenvalue weighted by molar-refractivity contribution is 0.121. The molecule has 11 heteroatoms. The first-order chi connectivity index (χ1) is 16.2. The van der Waals surface area contributed by atoms with Crippen molar-refractivity contribution in [2.24, 2.45) is 5.10 Å². The van der Waals surface area contributed by atoms with Crippen molar-refractivity contribution in [1.82, 2.24) is 15.0 Å². The maximum absolute atomic E-state index is 5.96. The number of halogens is 1. The molecule has 1 aromatic carbocycles. The molecule has 0 atom stereocenters. The SMILES string of the molecule is Clc1ccc(-c2ccc(C=NNc3nc(N4CCOCC4)nc(N4CCOCC4)n3)o2)cc1. The second-order valence-corrected chi connectivity index (χ2v) is 7.97. The van der Waals surface area contributed by atoms with E-state index in [1.54, 1.807) is 6.21 Å². The minimum Gasteiger partial charge on any atom is -0.455 e. The van der Waals surface area contributed by atoms with Gasteiger partial charge in [-0.1, -0.05) is 11.6 Å². The summed E-state index contributed by atoms with van der Waals surface area (Å²) in [6, 6.07) is 11.2. The van der Waals surface area contributed by atoms with Crippen molar-refractivity contribution in [2.45, 2.75) is 0 Å². The molecule has 0 aliphatic carbocycles. The van der Waals surface area contributed by atoms with E-state index in [4.69, 9.17) is 25.5 Å². The summed E-state index contributed by atoms with van der Waals surface area (Å²) >= 11 is 5.96. The zero-order valence-corrected chi connectivity index (χ0v) is 18.7. The first kappa shape index (κ1) is 21.6. The van der Waals surface area contributed by atoms with E-state index in [0.717, 1.165) is 37.5 Å². The molecule has 2 aliphatic rings. The highest BCUT2D eigenvalue weighted by Crippen LogP contribution is 2.23. The highest BCUT2D eigenvalue weighted by Gasteiger charge is 2.20. The number of furan rings is 1. The second-order valence-electron chi connectivity index (χ2n) is 7.54. The van der Waals surface area contributed by atoms with E-state index < -0.39 is 0 Å². The quantitative estimate of drug-likeness (QED) is 0.431. The van der Waals surface area contributed by atoms with E-state index in [1.165, 1.54) is 0 Å². The molecule has 2 fully saturated rings. The highest BCUT2D eigenvalue weighted by atomic mass is 35.5. The van der Waals surface area contributed by atoms with E-state index in [1.807, 2.05) is 36.4 Å². The van der Waals surface area contributed by atoms with Gasteiger partial charge in [-0.25, -0.2) is 5.43 Å². The molecular weight excluding hydrogens is 446 g/mol. The smallest absolute Gasteiger partial charge is 0.250 e. The molecule has 4 heterocycles. The fourth-order valence-electron chi connectivity index (χ4n) is 3.56. The molecule has 3 aromatic rings. The van der Waals surface area contributed by atoms with Crippen LogP contribution in [-0.2, 0) is 9.47 Å². The predicted molar refractivity (Wildman–Crippen MR) is 126 cm³/mol. The van der Waals surface area contributed by atoms with Gasteiger partial charge in [0, 0.05) is 36.8 Å². The number of morpholine rings is 2. The number of anilines is 3. The lowest BCUT2D eigenvalue weighted by Crippen LogP contribution is -2.40. The van der Waals surface area contributed by atoms with Gasteiger partial charge < -0.3 is 23.7 Å². The average Bonchev–Trinajstić information content (AvgIpc) is 3.34. The van der Waals surface area contributed by atoms with Crippen molar-refractivity contribution >= 4 is 35.7 Å². The first-order valence-corrected chi connectivity index (χ1v) is 11.2. The third-order valence-corrected chi connectivity index (χ3v) is 5.56. The number of aromatic nitrogens is 3. The summed E-state index contributed by atoms with van der Waals surface area (Å²) in [6.07, 6.45) is 1.59. The Balaban J connectivity index is 1.32. The van der Waals surface area contributed by atoms with E-state index in [9.17, 15) is 0 Å². The zero-order valence-electron chi connectivity index (χ0n) is 18.0. The Morgan fingerprint density at radius 2 is 1.42 bits per heavy atom. The summed E-state index contributed by atoms with van der Waals surface area (Å²) in [7, 11) is 0. The molecule has 0 radical (unpaired) electrons. The molecule has 5 rings (SSSR count). The second kappa shape index (κ2) is 10.2. The van der Waals surface area contributed by atoms with Crippen LogP contribution in [0.1, 0.15) is 5.76 Å². The van der Waals surface area contributed by atoms with Crippen LogP contribution in [0.5, 0.6) is 0 Å². The number of benzene rings is 1. The van der Waals surface area contributed by atoms with Gasteiger partial charge in [-0.3, -0.25) is 0 Å². The number of hydrogen-bond donors (Lipinski definition) is 1. The molecule has 2 aliphatic heterocycles. The molecule has 172 valence electrons. The van der Waals surface area contributed by atoms with Crippen molar-refractivity contribution in [1.29, 1.82) is 0 Å². The lowest BCUT2D eigenvalue weighted by Gasteiger charge is -2.30. The molecule has 33 heavy (non-hydrogen) atoms. The number of nitrogens with one attached hydrogen (secondary N) is 1. The number of hydrogen-bond acceptors (Lipinski definition) is 10. The van der Waals surface area contributed by atoms with Crippen LogP contribution in [0.2, 0.25) is 5.02 Å². The van der Waals surface area contributed by atoms with Gasteiger partial charge in [0.2, 0.25) is 17.8 Å². The van der Waals surface area contributed by atoms with Crippen LogP contribution in [-0.4, -0.2) is 73.8 Å². The Morgan fingerprint density at radius 3 is 2.03 bits per heavy atom. The van der Waals surface area contributed by atoms with E-state index in [-0.39, 0.29) is 0 Å². The number of rotatable bonds is 6. The van der Waals surface area contributed by atoms with Crippen molar-refractivity contribution in [3.63, 3.8) is 0 Å². The Hall–Kier alpha value is -3.21. The van der Waals surface area contributed by atoms with Gasteiger partial charge in [0.05, 0.1) is 32.6 Å². The summed E-state index contributed by atoms with van der Waals surface area (Å²) in [5, 5.41) is 4.96. The van der Waals surface area contributed by atoms with Gasteiger partial charge in [0.25, 0.3) is 0 Å². The molecule has 0 saturated carbocycles. The Labute approximate surface area is 196 Å². The molecule has 10 nitrogen and oxygen atoms in total. The van der Waals surface area contributed by atoms with Gasteiger partial charge in [-0.2, -0.15) is 20.1 Å². The fraction of sp³-hybridized carbons (Fsp3) is 0.364. The van der Waals surface area contributed by atoms with E-state index >= 15 is 0 Å². The highest BCUT2D eigenvalue weighted by molar-refractivity contribution is 6.30. The first-order valence-electron chi connectivity index (χ1n) is 10.8. The normalized spacial score (nSPS) is 17.0. The van der Waals surface area contributed by atoms with Crippen LogP contribution in [0.3, 0.4) is 0 Å². The van der Waals surface area contributed by atoms with E-state index in [0.29, 0.717) is 55.1 Å². The molecule has 0 unspecified atom stereocenters. The molecule has 0 bridgehead atoms. The topological polar surface area (TPSA) is 101 Å². The molecule has 2 aromatic heterocycles. The fourth-order valence-corrected chi connectivity index (χ4v) is 3.68. The van der Waals surface area contributed by atoms with Crippen LogP contribution in [0.25, 0.3) is 11.3 Å². The number of ether oxygens (including phenoxy) is 2. The molecule has 0 amide bonds. The van der Waals surface area contributed by atoms with Crippen molar-refractivity contribution < 1.29 is 13.9 Å². The van der Waals surface area contributed by atoms with Gasteiger partial charge in [-0.15, -0.1) is 0 Å². The van der Waals surface area contributed by atoms with Crippen molar-refractivity contribution in [2.75, 3.05) is 67.8 Å². The molecule has 2 saturated heterocycles. The van der Waals surface area contributed by atoms with Gasteiger partial charge in [0.15, 0.2) is 0 Å². The third kappa shape index (κ3) is 5.41. The third-order valence-electron chi connectivity index (χ3n) is 5.31. The number of nitrogens with zero attached hydrogens (tertiary/aromatic N) is 6. The number of hydrazone groups is 1. The minimum atomic E-state index is 0.369. The molecule has 1 N–H and O–H groups in total. The Bertz CT molecular complexity index is 1060. The molecule has 0 spiro atoms. The standard InChI is InChI=1S/C22H24ClN7O3/c23-17-3-1-16(2-4-17)19-6-5-18(33-19)15-24-28-20-25-21(29-7-11-31-12-8-29)27-22(26-20)30-9-13-32-14-10-30/h1-6,15H,7-14H2,(H,25,26,27,28). The van der Waals surface area contributed by atoms with E-state index in [2.05, 4.69) is 35.3 Å². The van der Waals surface area contributed by atoms with Crippen LogP contribution < -0.4 is 15.2 Å². The summed E-state index contributed by atoms with van der Waals surface area (Å²) < 4.78 is 16.8. The van der Waals surface area contributed by atoms with Crippen LogP contribution in [0, 0.1) is 0 Å². The predicted octanol–water partition coefficient (Wildman–Crippen LogP) is 2.90. The lowest BCUT2D eigenvalue weighted by atomic mass is 10.2. The van der Waals surface area contributed by atoms with Crippen molar-refractivity contribution in [3.05, 3.63) is 47.2 Å². The van der Waals surface area contributed by atoms with Gasteiger partial charge in [0.1, 0.15) is 11.5 Å². The summed E-state index contributed by atoms with van der Waals surface area (Å²) in [6.45, 7) is 5.51. The Morgan fingerprint density at radius 1 is 0.818 bits per heavy atom. The monoisotopic (exact) mass is 469 g/mol. The Kier molecular flexibility index (Phi) is 6.66. The largest absolute Gasteiger partial charge is 0.455 e. The van der Waals surface area contributed by atoms with Crippen LogP contribution in [0.15, 0.2) is 45.9 Å². The summed E-state index contributed by atoms with van der Waals surface area (Å²) in [4.78, 5) is 18.0. The van der Waals surface area contributed by atoms with Gasteiger partial charge >= 0.3 is 0 Å².